The number of benzene rings is 1. The highest BCUT2D eigenvalue weighted by molar-refractivity contribution is 7.08. The van der Waals surface area contributed by atoms with Crippen molar-refractivity contribution in [2.24, 2.45) is 5.84 Å². The number of hydrogen-bond donors (Lipinski definition) is 2. The van der Waals surface area contributed by atoms with Crippen LogP contribution in [0.2, 0.25) is 0 Å². The second-order valence-electron chi connectivity index (χ2n) is 5.98. The fourth-order valence-corrected chi connectivity index (χ4v) is 3.08. The zero-order valence-corrected chi connectivity index (χ0v) is 12.8. The maximum absolute atomic E-state index is 5.74. The zero-order valence-electron chi connectivity index (χ0n) is 12.0. The molecule has 1 aromatic carbocycles. The molecule has 0 aliphatic rings. The molecule has 2 aromatic rings. The average molecular weight is 274 g/mol. The molecular weight excluding hydrogens is 252 g/mol. The van der Waals surface area contributed by atoms with Gasteiger partial charge in [-0.2, -0.15) is 11.3 Å². The van der Waals surface area contributed by atoms with Gasteiger partial charge in [-0.15, -0.1) is 0 Å². The first-order chi connectivity index (χ1) is 8.93. The number of nitrogens with two attached hydrogens (primary N) is 1. The minimum atomic E-state index is 0.0697. The van der Waals surface area contributed by atoms with Gasteiger partial charge in [0.05, 0.1) is 6.04 Å². The van der Waals surface area contributed by atoms with Gasteiger partial charge in [0.15, 0.2) is 0 Å². The van der Waals surface area contributed by atoms with Crippen LogP contribution in [0.3, 0.4) is 0 Å². The van der Waals surface area contributed by atoms with Crippen molar-refractivity contribution >= 4 is 11.3 Å². The molecule has 2 rings (SSSR count). The highest BCUT2D eigenvalue weighted by atomic mass is 32.1. The van der Waals surface area contributed by atoms with Crippen molar-refractivity contribution in [3.05, 3.63) is 57.3 Å². The minimum Gasteiger partial charge on any atom is -0.271 e. The fraction of sp³-hybridized carbons (Fsp3) is 0.375. The molecule has 1 unspecified atom stereocenters. The monoisotopic (exact) mass is 274 g/mol. The summed E-state index contributed by atoms with van der Waals surface area (Å²) in [7, 11) is 0. The molecule has 0 fully saturated rings. The van der Waals surface area contributed by atoms with Gasteiger partial charge in [-0.1, -0.05) is 45.0 Å². The Balaban J connectivity index is 2.33. The molecule has 102 valence electrons. The van der Waals surface area contributed by atoms with E-state index in [1.165, 1.54) is 22.3 Å². The van der Waals surface area contributed by atoms with Crippen molar-refractivity contribution < 1.29 is 0 Å². The summed E-state index contributed by atoms with van der Waals surface area (Å²) in [4.78, 5) is 0. The zero-order chi connectivity index (χ0) is 14.0. The van der Waals surface area contributed by atoms with Crippen molar-refractivity contribution in [3.63, 3.8) is 0 Å². The Morgan fingerprint density at radius 1 is 1.11 bits per heavy atom. The lowest BCUT2D eigenvalue weighted by molar-refractivity contribution is 0.588. The lowest BCUT2D eigenvalue weighted by Gasteiger charge is -2.21. The summed E-state index contributed by atoms with van der Waals surface area (Å²) in [5, 5.41) is 4.32. The summed E-state index contributed by atoms with van der Waals surface area (Å²) in [6.45, 7) is 8.80. The predicted octanol–water partition coefficient (Wildman–Crippen LogP) is 3.91. The highest BCUT2D eigenvalue weighted by Crippen LogP contribution is 2.29. The SMILES string of the molecule is Cc1cscc1C(NN)c1ccc(C(C)(C)C)cc1. The topological polar surface area (TPSA) is 38.0 Å². The van der Waals surface area contributed by atoms with E-state index in [2.05, 4.69) is 68.1 Å². The maximum Gasteiger partial charge on any atom is 0.0720 e. The number of aryl methyl sites for hydroxylation is 1. The van der Waals surface area contributed by atoms with Gasteiger partial charge in [-0.25, -0.2) is 5.43 Å². The van der Waals surface area contributed by atoms with Gasteiger partial charge >= 0.3 is 0 Å². The van der Waals surface area contributed by atoms with Crippen LogP contribution in [0.1, 0.15) is 49.1 Å². The average Bonchev–Trinajstić information content (AvgIpc) is 2.76. The van der Waals surface area contributed by atoms with Gasteiger partial charge in [0.1, 0.15) is 0 Å². The summed E-state index contributed by atoms with van der Waals surface area (Å²) in [5.74, 6) is 5.74. The Kier molecular flexibility index (Phi) is 4.09. The molecule has 1 atom stereocenters. The molecule has 0 saturated carbocycles. The van der Waals surface area contributed by atoms with E-state index in [4.69, 9.17) is 5.84 Å². The lowest BCUT2D eigenvalue weighted by atomic mass is 9.86. The van der Waals surface area contributed by atoms with E-state index in [0.29, 0.717) is 0 Å². The number of thiophene rings is 1. The molecule has 0 amide bonds. The van der Waals surface area contributed by atoms with E-state index in [1.54, 1.807) is 11.3 Å². The van der Waals surface area contributed by atoms with Gasteiger partial charge in [0.2, 0.25) is 0 Å². The Labute approximate surface area is 119 Å². The number of hydrogen-bond acceptors (Lipinski definition) is 3. The van der Waals surface area contributed by atoms with E-state index in [9.17, 15) is 0 Å². The molecule has 0 saturated heterocycles. The molecule has 3 N–H and O–H groups in total. The summed E-state index contributed by atoms with van der Waals surface area (Å²) >= 11 is 1.72. The van der Waals surface area contributed by atoms with Gasteiger partial charge in [-0.3, -0.25) is 5.84 Å². The lowest BCUT2D eigenvalue weighted by Crippen LogP contribution is -2.29. The molecule has 19 heavy (non-hydrogen) atoms. The number of hydrazine groups is 1. The van der Waals surface area contributed by atoms with E-state index in [1.807, 2.05) is 0 Å². The molecule has 0 aliphatic carbocycles. The molecule has 0 aliphatic heterocycles. The molecule has 0 spiro atoms. The van der Waals surface area contributed by atoms with E-state index in [0.717, 1.165) is 0 Å². The summed E-state index contributed by atoms with van der Waals surface area (Å²) in [6.07, 6.45) is 0. The summed E-state index contributed by atoms with van der Waals surface area (Å²) in [5.41, 5.74) is 8.20. The summed E-state index contributed by atoms with van der Waals surface area (Å²) < 4.78 is 0. The molecular formula is C16H22N2S. The Bertz CT molecular complexity index is 535. The third-order valence-electron chi connectivity index (χ3n) is 3.48. The fourth-order valence-electron chi connectivity index (χ4n) is 2.21. The van der Waals surface area contributed by atoms with Crippen molar-refractivity contribution in [1.82, 2.24) is 5.43 Å². The molecule has 0 radical (unpaired) electrons. The quantitative estimate of drug-likeness (QED) is 0.658. The second kappa shape index (κ2) is 5.45. The third-order valence-corrected chi connectivity index (χ3v) is 4.36. The molecule has 2 nitrogen and oxygen atoms in total. The number of nitrogens with one attached hydrogen (secondary N) is 1. The standard InChI is InChI=1S/C16H22N2S/c1-11-9-19-10-14(11)15(18-17)12-5-7-13(8-6-12)16(2,3)4/h5-10,15,18H,17H2,1-4H3. The first-order valence-electron chi connectivity index (χ1n) is 6.52. The van der Waals surface area contributed by atoms with Gasteiger partial charge in [0, 0.05) is 0 Å². The largest absolute Gasteiger partial charge is 0.271 e. The van der Waals surface area contributed by atoms with Crippen molar-refractivity contribution in [2.45, 2.75) is 39.2 Å². The minimum absolute atomic E-state index is 0.0697. The van der Waals surface area contributed by atoms with Gasteiger partial charge in [0.25, 0.3) is 0 Å². The van der Waals surface area contributed by atoms with Crippen LogP contribution in [0.4, 0.5) is 0 Å². The Hall–Kier alpha value is -1.16. The Morgan fingerprint density at radius 2 is 1.74 bits per heavy atom. The predicted molar refractivity (Wildman–Crippen MR) is 83.4 cm³/mol. The normalized spacial score (nSPS) is 13.5. The summed E-state index contributed by atoms with van der Waals surface area (Å²) in [6, 6.07) is 8.80. The van der Waals surface area contributed by atoms with Crippen LogP contribution in [0, 0.1) is 6.92 Å². The van der Waals surface area contributed by atoms with Crippen molar-refractivity contribution in [2.75, 3.05) is 0 Å². The van der Waals surface area contributed by atoms with Crippen LogP contribution in [0.25, 0.3) is 0 Å². The van der Waals surface area contributed by atoms with E-state index in [-0.39, 0.29) is 11.5 Å². The maximum atomic E-state index is 5.74. The van der Waals surface area contributed by atoms with E-state index >= 15 is 0 Å². The van der Waals surface area contributed by atoms with Crippen LogP contribution in [-0.4, -0.2) is 0 Å². The van der Waals surface area contributed by atoms with Gasteiger partial charge < -0.3 is 0 Å². The third kappa shape index (κ3) is 3.06. The molecule has 3 heteroatoms. The smallest absolute Gasteiger partial charge is 0.0720 e. The number of rotatable bonds is 3. The van der Waals surface area contributed by atoms with Crippen LogP contribution >= 0.6 is 11.3 Å². The van der Waals surface area contributed by atoms with Gasteiger partial charge in [-0.05, 0) is 45.4 Å². The molecule has 0 bridgehead atoms. The van der Waals surface area contributed by atoms with Crippen LogP contribution in [-0.2, 0) is 5.41 Å². The Morgan fingerprint density at radius 3 is 2.16 bits per heavy atom. The van der Waals surface area contributed by atoms with Crippen LogP contribution < -0.4 is 11.3 Å². The van der Waals surface area contributed by atoms with E-state index < -0.39 is 0 Å². The highest BCUT2D eigenvalue weighted by Gasteiger charge is 2.17. The molecule has 1 aromatic heterocycles. The first-order valence-corrected chi connectivity index (χ1v) is 7.47. The van der Waals surface area contributed by atoms with Crippen molar-refractivity contribution in [3.8, 4) is 0 Å². The second-order valence-corrected chi connectivity index (χ2v) is 6.73. The van der Waals surface area contributed by atoms with Crippen LogP contribution in [0.15, 0.2) is 35.0 Å². The van der Waals surface area contributed by atoms with Crippen molar-refractivity contribution in [1.29, 1.82) is 0 Å². The van der Waals surface area contributed by atoms with Crippen LogP contribution in [0.5, 0.6) is 0 Å². The first kappa shape index (κ1) is 14.3. The molecule has 1 heterocycles.